The van der Waals surface area contributed by atoms with E-state index in [0.29, 0.717) is 0 Å². The molecule has 0 aromatic carbocycles. The van der Waals surface area contributed by atoms with Crippen LogP contribution in [0.5, 0.6) is 5.06 Å². The van der Waals surface area contributed by atoms with Crippen LogP contribution in [0.3, 0.4) is 0 Å². The molecule has 0 amide bonds. The second-order valence-electron chi connectivity index (χ2n) is 9.14. The van der Waals surface area contributed by atoms with Crippen LogP contribution in [0.2, 0.25) is 0 Å². The molecule has 1 aliphatic carbocycles. The van der Waals surface area contributed by atoms with E-state index in [1.165, 1.54) is 93.6 Å². The van der Waals surface area contributed by atoms with Gasteiger partial charge in [-0.15, -0.1) is 34.9 Å². The molecule has 0 fully saturated rings. The molecule has 34 heavy (non-hydrogen) atoms. The van der Waals surface area contributed by atoms with Crippen molar-refractivity contribution in [2.24, 2.45) is 11.8 Å². The lowest BCUT2D eigenvalue weighted by molar-refractivity contribution is 0.112. The van der Waals surface area contributed by atoms with Crippen LogP contribution in [0.4, 0.5) is 0 Å². The number of thiophene rings is 2. The molecule has 0 radical (unpaired) electrons. The third-order valence-electron chi connectivity index (χ3n) is 6.71. The fraction of sp³-hybridized carbons (Fsp3) is 0.607. The van der Waals surface area contributed by atoms with E-state index in [0.717, 1.165) is 28.1 Å². The maximum absolute atomic E-state index is 11.6. The average molecular weight is 537 g/mol. The lowest BCUT2D eigenvalue weighted by Crippen LogP contribution is -2.05. The van der Waals surface area contributed by atoms with E-state index in [2.05, 4.69) is 63.4 Å². The maximum Gasteiger partial charge on any atom is 0.174 e. The summed E-state index contributed by atoms with van der Waals surface area (Å²) in [5.74, 6) is 3.86. The minimum absolute atomic E-state index is 0.758. The van der Waals surface area contributed by atoms with Gasteiger partial charge in [-0.2, -0.15) is 0 Å². The molecule has 2 aromatic rings. The zero-order chi connectivity index (χ0) is 24.5. The smallest absolute Gasteiger partial charge is 0.174 e. The second kappa shape index (κ2) is 14.2. The second-order valence-corrected chi connectivity index (χ2v) is 13.6. The van der Waals surface area contributed by atoms with E-state index >= 15 is 0 Å². The zero-order valence-electron chi connectivity index (χ0n) is 21.4. The van der Waals surface area contributed by atoms with Gasteiger partial charge in [0.25, 0.3) is 0 Å². The Hall–Kier alpha value is -0.690. The van der Waals surface area contributed by atoms with Gasteiger partial charge >= 0.3 is 0 Å². The summed E-state index contributed by atoms with van der Waals surface area (Å²) in [6.07, 6.45) is 11.3. The molecule has 2 atom stereocenters. The number of carbonyl (C=O) groups is 1. The molecule has 2 nitrogen and oxygen atoms in total. The Morgan fingerprint density at radius 3 is 1.97 bits per heavy atom. The summed E-state index contributed by atoms with van der Waals surface area (Å²) in [6.45, 7) is 9.25. The Morgan fingerprint density at radius 2 is 1.47 bits per heavy atom. The molecule has 2 unspecified atom stereocenters. The number of rotatable bonds is 16. The van der Waals surface area contributed by atoms with Crippen LogP contribution >= 0.6 is 46.2 Å². The van der Waals surface area contributed by atoms with E-state index in [9.17, 15) is 4.79 Å². The lowest BCUT2D eigenvalue weighted by atomic mass is 10.0. The molecule has 0 bridgehead atoms. The van der Waals surface area contributed by atoms with Crippen LogP contribution in [0.15, 0.2) is 16.4 Å². The summed E-state index contributed by atoms with van der Waals surface area (Å²) in [6, 6.07) is 4.33. The number of hydrogen-bond donors (Lipinski definition) is 0. The monoisotopic (exact) mass is 536 g/mol. The highest BCUT2D eigenvalue weighted by Crippen LogP contribution is 2.57. The molecule has 1 aliphatic rings. The van der Waals surface area contributed by atoms with Gasteiger partial charge in [0.05, 0.1) is 21.7 Å². The number of carbonyl (C=O) groups excluding carboxylic acids is 1. The van der Waals surface area contributed by atoms with Crippen LogP contribution in [0.1, 0.15) is 99.9 Å². The Labute approximate surface area is 223 Å². The Kier molecular flexibility index (Phi) is 11.6. The van der Waals surface area contributed by atoms with Gasteiger partial charge in [0.1, 0.15) is 0 Å². The standard InChI is InChI=1S/C28H40O2S4/c1-6-10-12-19(8-3)17-31-28(32-18-20(9-4)13-11-7-2)25-22-14-21(16-29)33-26(22)27-23(25)15-24(30-5)34-27/h14-16,19-20H,6-13,17-18H2,1-5H3. The zero-order valence-corrected chi connectivity index (χ0v) is 24.7. The molecule has 2 aromatic heterocycles. The van der Waals surface area contributed by atoms with Crippen molar-refractivity contribution in [2.75, 3.05) is 18.6 Å². The van der Waals surface area contributed by atoms with Gasteiger partial charge in [-0.25, -0.2) is 0 Å². The molecule has 3 rings (SSSR count). The summed E-state index contributed by atoms with van der Waals surface area (Å²) in [4.78, 5) is 15.0. The van der Waals surface area contributed by atoms with Crippen molar-refractivity contribution >= 4 is 58.1 Å². The topological polar surface area (TPSA) is 26.3 Å². The van der Waals surface area contributed by atoms with Gasteiger partial charge < -0.3 is 4.74 Å². The van der Waals surface area contributed by atoms with Crippen molar-refractivity contribution in [2.45, 2.75) is 79.1 Å². The quantitative estimate of drug-likeness (QED) is 0.170. The third kappa shape index (κ3) is 6.74. The molecular formula is C28H40O2S4. The molecule has 0 N–H and O–H groups in total. The van der Waals surface area contributed by atoms with Crippen molar-refractivity contribution in [1.82, 2.24) is 0 Å². The normalized spacial score (nSPS) is 14.1. The van der Waals surface area contributed by atoms with E-state index in [1.54, 1.807) is 29.8 Å². The Bertz CT molecular complexity index is 934. The van der Waals surface area contributed by atoms with Crippen molar-refractivity contribution in [3.05, 3.63) is 32.4 Å². The molecule has 0 saturated heterocycles. The summed E-state index contributed by atoms with van der Waals surface area (Å²) in [5.41, 5.74) is 3.91. The van der Waals surface area contributed by atoms with Crippen LogP contribution in [-0.2, 0) is 0 Å². The molecule has 0 saturated carbocycles. The highest BCUT2D eigenvalue weighted by atomic mass is 32.2. The van der Waals surface area contributed by atoms with Gasteiger partial charge in [-0.05, 0) is 30.7 Å². The molecule has 0 spiro atoms. The number of hydrogen-bond acceptors (Lipinski definition) is 6. The number of aldehydes is 1. The maximum atomic E-state index is 11.6. The number of thioether (sulfide) groups is 2. The summed E-state index contributed by atoms with van der Waals surface area (Å²) >= 11 is 7.46. The van der Waals surface area contributed by atoms with Gasteiger partial charge in [0.15, 0.2) is 11.3 Å². The molecule has 0 aliphatic heterocycles. The van der Waals surface area contributed by atoms with Gasteiger partial charge in [-0.1, -0.05) is 77.6 Å². The summed E-state index contributed by atoms with van der Waals surface area (Å²) in [5, 5.41) is 0.951. The fourth-order valence-electron chi connectivity index (χ4n) is 4.38. The van der Waals surface area contributed by atoms with Crippen LogP contribution < -0.4 is 4.74 Å². The average Bonchev–Trinajstić information content (AvgIpc) is 3.53. The Morgan fingerprint density at radius 1 is 0.912 bits per heavy atom. The van der Waals surface area contributed by atoms with Gasteiger partial charge in [-0.3, -0.25) is 4.79 Å². The first kappa shape index (κ1) is 27.9. The number of unbranched alkanes of at least 4 members (excludes halogenated alkanes) is 2. The molecular weight excluding hydrogens is 497 g/mol. The summed E-state index contributed by atoms with van der Waals surface area (Å²) < 4.78 is 7.07. The minimum Gasteiger partial charge on any atom is -0.487 e. The molecule has 2 heterocycles. The third-order valence-corrected chi connectivity index (χ3v) is 12.0. The number of fused-ring (bicyclic) bond motifs is 3. The first-order chi connectivity index (χ1) is 16.6. The van der Waals surface area contributed by atoms with Crippen LogP contribution in [0.25, 0.3) is 15.3 Å². The van der Waals surface area contributed by atoms with Crippen molar-refractivity contribution in [3.8, 4) is 14.8 Å². The summed E-state index contributed by atoms with van der Waals surface area (Å²) in [7, 11) is 1.75. The van der Waals surface area contributed by atoms with E-state index < -0.39 is 0 Å². The molecule has 6 heteroatoms. The van der Waals surface area contributed by atoms with Gasteiger partial charge in [0.2, 0.25) is 0 Å². The highest BCUT2D eigenvalue weighted by Gasteiger charge is 2.32. The van der Waals surface area contributed by atoms with Crippen LogP contribution in [0, 0.1) is 11.8 Å². The predicted molar refractivity (Wildman–Crippen MR) is 157 cm³/mol. The SMILES string of the molecule is CCCCC(CC)CSC(SCC(CC)CCCC)=C1c2cc(C=O)sc2-c2sc(OC)cc21. The fourth-order valence-corrected chi connectivity index (χ4v) is 9.55. The number of ether oxygens (including phenoxy) is 1. The van der Waals surface area contributed by atoms with E-state index in [-0.39, 0.29) is 0 Å². The first-order valence-corrected chi connectivity index (χ1v) is 16.5. The first-order valence-electron chi connectivity index (χ1n) is 12.9. The van der Waals surface area contributed by atoms with Crippen LogP contribution in [-0.4, -0.2) is 24.9 Å². The minimum atomic E-state index is 0.758. The van der Waals surface area contributed by atoms with Crippen molar-refractivity contribution in [1.29, 1.82) is 0 Å². The van der Waals surface area contributed by atoms with Gasteiger partial charge in [0, 0.05) is 38.5 Å². The largest absolute Gasteiger partial charge is 0.487 e. The lowest BCUT2D eigenvalue weighted by Gasteiger charge is -2.19. The molecule has 188 valence electrons. The van der Waals surface area contributed by atoms with E-state index in [1.807, 2.05) is 0 Å². The van der Waals surface area contributed by atoms with E-state index in [4.69, 9.17) is 4.74 Å². The van der Waals surface area contributed by atoms with Crippen molar-refractivity contribution < 1.29 is 9.53 Å². The Balaban J connectivity index is 1.98. The predicted octanol–water partition coefficient (Wildman–Crippen LogP) is 10.2. The number of methoxy groups -OCH3 is 1. The highest BCUT2D eigenvalue weighted by molar-refractivity contribution is 8.22. The van der Waals surface area contributed by atoms with Crippen molar-refractivity contribution in [3.63, 3.8) is 0 Å².